The molecule has 0 aliphatic carbocycles. The highest BCUT2D eigenvalue weighted by Gasteiger charge is 2.16. The van der Waals surface area contributed by atoms with E-state index in [0.717, 1.165) is 35.4 Å². The quantitative estimate of drug-likeness (QED) is 0.783. The summed E-state index contributed by atoms with van der Waals surface area (Å²) in [6.45, 7) is 3.06. The number of imidazole rings is 1. The van der Waals surface area contributed by atoms with Crippen LogP contribution in [-0.2, 0) is 20.0 Å². The van der Waals surface area contributed by atoms with E-state index in [2.05, 4.69) is 27.6 Å². The van der Waals surface area contributed by atoms with Crippen molar-refractivity contribution in [3.8, 4) is 0 Å². The molecule has 0 fully saturated rings. The Hall–Kier alpha value is -2.14. The lowest BCUT2D eigenvalue weighted by Crippen LogP contribution is -2.09. The highest BCUT2D eigenvalue weighted by Crippen LogP contribution is 2.22. The Bertz CT molecular complexity index is 744. The van der Waals surface area contributed by atoms with Crippen LogP contribution in [0.4, 0.5) is 0 Å². The van der Waals surface area contributed by atoms with Gasteiger partial charge in [0.1, 0.15) is 5.82 Å². The van der Waals surface area contributed by atoms with Crippen molar-refractivity contribution in [2.24, 2.45) is 7.05 Å². The third-order valence-corrected chi connectivity index (χ3v) is 3.67. The summed E-state index contributed by atoms with van der Waals surface area (Å²) in [6.07, 6.45) is 4.51. The summed E-state index contributed by atoms with van der Waals surface area (Å²) in [6, 6.07) is 8.11. The second-order valence-electron chi connectivity index (χ2n) is 5.34. The zero-order valence-electron chi connectivity index (χ0n) is 12.4. The third kappa shape index (κ3) is 2.69. The lowest BCUT2D eigenvalue weighted by Gasteiger charge is -2.11. The molecule has 0 saturated heterocycles. The van der Waals surface area contributed by atoms with Crippen molar-refractivity contribution in [2.45, 2.75) is 32.4 Å². The van der Waals surface area contributed by atoms with Crippen LogP contribution in [0.2, 0.25) is 0 Å². The number of hydrogen-bond acceptors (Lipinski definition) is 3. The van der Waals surface area contributed by atoms with Gasteiger partial charge in [0.2, 0.25) is 0 Å². The number of benzene rings is 1. The van der Waals surface area contributed by atoms with Gasteiger partial charge in [0.15, 0.2) is 0 Å². The van der Waals surface area contributed by atoms with Gasteiger partial charge in [0.25, 0.3) is 0 Å². The topological polar surface area (TPSA) is 55.9 Å². The molecule has 110 valence electrons. The van der Waals surface area contributed by atoms with E-state index in [9.17, 15) is 5.11 Å². The molecule has 0 amide bonds. The van der Waals surface area contributed by atoms with Crippen molar-refractivity contribution >= 4 is 11.0 Å². The molecule has 3 aromatic rings. The first-order valence-corrected chi connectivity index (χ1v) is 7.29. The summed E-state index contributed by atoms with van der Waals surface area (Å²) in [5, 5.41) is 14.5. The van der Waals surface area contributed by atoms with Crippen molar-refractivity contribution in [3.05, 3.63) is 48.0 Å². The number of aliphatic hydroxyl groups excluding tert-OH is 1. The van der Waals surface area contributed by atoms with Crippen LogP contribution in [0.25, 0.3) is 11.0 Å². The molecule has 0 bridgehead atoms. The molecule has 3 rings (SSSR count). The van der Waals surface area contributed by atoms with Crippen LogP contribution < -0.4 is 0 Å². The van der Waals surface area contributed by atoms with Gasteiger partial charge in [0, 0.05) is 31.8 Å². The predicted molar refractivity (Wildman–Crippen MR) is 81.9 cm³/mol. The average Bonchev–Trinajstić information content (AvgIpc) is 3.04. The lowest BCUT2D eigenvalue weighted by molar-refractivity contribution is 0.174. The summed E-state index contributed by atoms with van der Waals surface area (Å²) in [5.74, 6) is 0.925. The van der Waals surface area contributed by atoms with E-state index in [1.165, 1.54) is 0 Å². The highest BCUT2D eigenvalue weighted by atomic mass is 16.3. The van der Waals surface area contributed by atoms with Gasteiger partial charge in [0.05, 0.1) is 23.3 Å². The fourth-order valence-electron chi connectivity index (χ4n) is 2.66. The number of rotatable bonds is 5. The number of aromatic nitrogens is 4. The molecule has 2 heterocycles. The molecule has 1 N–H and O–H groups in total. The smallest absolute Gasteiger partial charge is 0.112 e. The van der Waals surface area contributed by atoms with Crippen LogP contribution in [-0.4, -0.2) is 24.4 Å². The average molecular weight is 284 g/mol. The van der Waals surface area contributed by atoms with Crippen molar-refractivity contribution in [2.75, 3.05) is 0 Å². The zero-order chi connectivity index (χ0) is 14.8. The summed E-state index contributed by atoms with van der Waals surface area (Å²) in [4.78, 5) is 4.68. The maximum atomic E-state index is 10.4. The van der Waals surface area contributed by atoms with Crippen molar-refractivity contribution in [3.63, 3.8) is 0 Å². The van der Waals surface area contributed by atoms with Gasteiger partial charge in [-0.15, -0.1) is 0 Å². The number of hydrogen-bond donors (Lipinski definition) is 1. The Morgan fingerprint density at radius 1 is 1.29 bits per heavy atom. The van der Waals surface area contributed by atoms with Crippen molar-refractivity contribution in [1.82, 2.24) is 19.3 Å². The van der Waals surface area contributed by atoms with E-state index < -0.39 is 6.10 Å². The van der Waals surface area contributed by atoms with Gasteiger partial charge < -0.3 is 9.67 Å². The Morgan fingerprint density at radius 2 is 2.10 bits per heavy atom. The number of aliphatic hydroxyl groups is 1. The molecule has 1 aromatic carbocycles. The Kier molecular flexibility index (Phi) is 3.75. The Balaban J connectivity index is 1.94. The van der Waals surface area contributed by atoms with Crippen LogP contribution in [0.15, 0.2) is 36.7 Å². The van der Waals surface area contributed by atoms with E-state index in [-0.39, 0.29) is 0 Å². The van der Waals surface area contributed by atoms with Crippen LogP contribution in [0.3, 0.4) is 0 Å². The standard InChI is InChI=1S/C16H20N4O/c1-3-8-20-14-7-5-4-6-13(14)18-16(20)9-15(21)12-10-17-19(2)11-12/h4-7,10-11,15,21H,3,8-9H2,1-2H3. The normalized spacial score (nSPS) is 12.9. The molecule has 0 spiro atoms. The lowest BCUT2D eigenvalue weighted by atomic mass is 10.1. The monoisotopic (exact) mass is 284 g/mol. The van der Waals surface area contributed by atoms with E-state index in [1.54, 1.807) is 10.9 Å². The highest BCUT2D eigenvalue weighted by molar-refractivity contribution is 5.75. The molecular formula is C16H20N4O. The molecule has 5 nitrogen and oxygen atoms in total. The molecular weight excluding hydrogens is 264 g/mol. The van der Waals surface area contributed by atoms with Gasteiger partial charge in [-0.3, -0.25) is 4.68 Å². The molecule has 0 radical (unpaired) electrons. The van der Waals surface area contributed by atoms with Gasteiger partial charge in [-0.2, -0.15) is 5.10 Å². The minimum absolute atomic E-state index is 0.500. The minimum Gasteiger partial charge on any atom is -0.388 e. The molecule has 0 saturated carbocycles. The number of nitrogens with zero attached hydrogens (tertiary/aromatic N) is 4. The number of para-hydroxylation sites is 2. The molecule has 5 heteroatoms. The molecule has 0 aliphatic rings. The second kappa shape index (κ2) is 5.69. The Labute approximate surface area is 123 Å². The number of fused-ring (bicyclic) bond motifs is 1. The van der Waals surface area contributed by atoms with Crippen molar-refractivity contribution < 1.29 is 5.11 Å². The van der Waals surface area contributed by atoms with Crippen molar-refractivity contribution in [1.29, 1.82) is 0 Å². The summed E-state index contributed by atoms with van der Waals surface area (Å²) >= 11 is 0. The van der Waals surface area contributed by atoms with Crippen LogP contribution >= 0.6 is 0 Å². The fraction of sp³-hybridized carbons (Fsp3) is 0.375. The van der Waals surface area contributed by atoms with E-state index in [0.29, 0.717) is 6.42 Å². The minimum atomic E-state index is -0.578. The molecule has 2 aromatic heterocycles. The van der Waals surface area contributed by atoms with Crippen LogP contribution in [0.5, 0.6) is 0 Å². The van der Waals surface area contributed by atoms with E-state index >= 15 is 0 Å². The predicted octanol–water partition coefficient (Wildman–Crippen LogP) is 2.46. The van der Waals surface area contributed by atoms with Crippen LogP contribution in [0.1, 0.15) is 30.8 Å². The molecule has 21 heavy (non-hydrogen) atoms. The fourth-order valence-corrected chi connectivity index (χ4v) is 2.66. The van der Waals surface area contributed by atoms with Gasteiger partial charge in [-0.1, -0.05) is 19.1 Å². The molecule has 0 aliphatic heterocycles. The largest absolute Gasteiger partial charge is 0.388 e. The summed E-state index contributed by atoms with van der Waals surface area (Å²) in [5.41, 5.74) is 2.94. The maximum absolute atomic E-state index is 10.4. The van der Waals surface area contributed by atoms with Gasteiger partial charge in [-0.05, 0) is 18.6 Å². The van der Waals surface area contributed by atoms with E-state index in [1.807, 2.05) is 31.4 Å². The maximum Gasteiger partial charge on any atom is 0.112 e. The molecule has 1 unspecified atom stereocenters. The third-order valence-electron chi connectivity index (χ3n) is 3.67. The first-order chi connectivity index (χ1) is 10.2. The zero-order valence-corrected chi connectivity index (χ0v) is 12.4. The summed E-state index contributed by atoms with van der Waals surface area (Å²) in [7, 11) is 1.85. The first-order valence-electron chi connectivity index (χ1n) is 7.29. The van der Waals surface area contributed by atoms with E-state index in [4.69, 9.17) is 0 Å². The SMILES string of the molecule is CCCn1c(CC(O)c2cnn(C)c2)nc2ccccc21. The van der Waals surface area contributed by atoms with Crippen LogP contribution in [0, 0.1) is 0 Å². The molecule has 1 atom stereocenters. The second-order valence-corrected chi connectivity index (χ2v) is 5.34. The number of aryl methyl sites for hydroxylation is 2. The summed E-state index contributed by atoms with van der Waals surface area (Å²) < 4.78 is 3.91. The van der Waals surface area contributed by atoms with Gasteiger partial charge >= 0.3 is 0 Å². The Morgan fingerprint density at radius 3 is 2.81 bits per heavy atom. The van der Waals surface area contributed by atoms with Gasteiger partial charge in [-0.25, -0.2) is 4.98 Å². The first kappa shape index (κ1) is 13.8.